The van der Waals surface area contributed by atoms with Crippen LogP contribution in [0.2, 0.25) is 0 Å². The molecule has 0 aliphatic carbocycles. The number of aromatic nitrogens is 2. The van der Waals surface area contributed by atoms with Crippen molar-refractivity contribution in [3.05, 3.63) is 11.4 Å². The molecule has 3 N–H and O–H groups in total. The summed E-state index contributed by atoms with van der Waals surface area (Å²) in [6.07, 6.45) is 1.95. The number of likely N-dealkylation sites (tertiary alicyclic amines) is 1. The molecular weight excluding hydrogens is 254 g/mol. The highest BCUT2D eigenvalue weighted by Crippen LogP contribution is 2.19. The van der Waals surface area contributed by atoms with Gasteiger partial charge in [0.05, 0.1) is 11.4 Å². The Morgan fingerprint density at radius 3 is 2.85 bits per heavy atom. The fourth-order valence-electron chi connectivity index (χ4n) is 2.74. The number of nitrogen functional groups attached to an aromatic ring is 1. The second-order valence-electron chi connectivity index (χ2n) is 5.69. The highest BCUT2D eigenvalue weighted by Gasteiger charge is 2.26. The number of aryl methyl sites for hydroxylation is 2. The Morgan fingerprint density at radius 2 is 2.25 bits per heavy atom. The lowest BCUT2D eigenvalue weighted by molar-refractivity contribution is 0.0887. The second-order valence-corrected chi connectivity index (χ2v) is 5.69. The second kappa shape index (κ2) is 5.83. The van der Waals surface area contributed by atoms with Crippen molar-refractivity contribution in [2.75, 3.05) is 19.3 Å². The van der Waals surface area contributed by atoms with E-state index in [0.29, 0.717) is 29.7 Å². The first kappa shape index (κ1) is 14.8. The van der Waals surface area contributed by atoms with Crippen LogP contribution in [-0.2, 0) is 6.54 Å². The summed E-state index contributed by atoms with van der Waals surface area (Å²) >= 11 is 0. The molecule has 1 aromatic rings. The van der Waals surface area contributed by atoms with Gasteiger partial charge in [-0.25, -0.2) is 0 Å². The molecule has 0 saturated carbocycles. The third kappa shape index (κ3) is 2.80. The molecule has 1 saturated heterocycles. The fourth-order valence-corrected chi connectivity index (χ4v) is 2.74. The molecule has 1 amide bonds. The summed E-state index contributed by atoms with van der Waals surface area (Å²) in [5, 5.41) is 7.40. The molecule has 2 heterocycles. The van der Waals surface area contributed by atoms with Gasteiger partial charge in [0.15, 0.2) is 0 Å². The van der Waals surface area contributed by atoms with Gasteiger partial charge in [0.1, 0.15) is 5.69 Å². The number of piperidine rings is 1. The molecule has 0 spiro atoms. The molecule has 1 aliphatic heterocycles. The number of anilines is 1. The first-order valence-corrected chi connectivity index (χ1v) is 7.28. The molecular formula is C14H25N5O. The van der Waals surface area contributed by atoms with Crippen LogP contribution in [0.1, 0.15) is 42.9 Å². The number of amides is 1. The Balaban J connectivity index is 2.09. The molecule has 112 valence electrons. The van der Waals surface area contributed by atoms with E-state index in [1.54, 1.807) is 4.68 Å². The van der Waals surface area contributed by atoms with E-state index < -0.39 is 0 Å². The minimum Gasteiger partial charge on any atom is -0.395 e. The smallest absolute Gasteiger partial charge is 0.271 e. The van der Waals surface area contributed by atoms with Crippen molar-refractivity contribution in [2.45, 2.75) is 52.2 Å². The maximum Gasteiger partial charge on any atom is 0.271 e. The van der Waals surface area contributed by atoms with E-state index >= 15 is 0 Å². The number of rotatable bonds is 3. The monoisotopic (exact) mass is 279 g/mol. The van der Waals surface area contributed by atoms with Crippen LogP contribution in [0.15, 0.2) is 0 Å². The van der Waals surface area contributed by atoms with Gasteiger partial charge in [-0.15, -0.1) is 0 Å². The quantitative estimate of drug-likeness (QED) is 0.865. The van der Waals surface area contributed by atoms with Crippen LogP contribution >= 0.6 is 0 Å². The van der Waals surface area contributed by atoms with Gasteiger partial charge < -0.3 is 16.0 Å². The fraction of sp³-hybridized carbons (Fsp3) is 0.714. The van der Waals surface area contributed by atoms with Gasteiger partial charge in [-0.05, 0) is 40.7 Å². The molecule has 0 bridgehead atoms. The maximum atomic E-state index is 12.4. The lowest BCUT2D eigenvalue weighted by Gasteiger charge is -2.35. The van der Waals surface area contributed by atoms with E-state index in [2.05, 4.69) is 29.3 Å². The summed E-state index contributed by atoms with van der Waals surface area (Å²) in [5.41, 5.74) is 7.69. The van der Waals surface area contributed by atoms with Crippen LogP contribution in [0.4, 0.5) is 5.69 Å². The number of hydrogen-bond acceptors (Lipinski definition) is 4. The summed E-state index contributed by atoms with van der Waals surface area (Å²) in [4.78, 5) is 14.8. The molecule has 1 aromatic heterocycles. The first-order chi connectivity index (χ1) is 9.43. The van der Waals surface area contributed by atoms with E-state index in [4.69, 9.17) is 5.73 Å². The average molecular weight is 279 g/mol. The van der Waals surface area contributed by atoms with Crippen LogP contribution in [0, 0.1) is 6.92 Å². The predicted molar refractivity (Wildman–Crippen MR) is 79.6 cm³/mol. The number of carbonyl (C=O) groups excluding carboxylic acids is 1. The van der Waals surface area contributed by atoms with Crippen LogP contribution in [0.25, 0.3) is 0 Å². The molecule has 2 atom stereocenters. The van der Waals surface area contributed by atoms with Crippen LogP contribution < -0.4 is 11.1 Å². The Labute approximate surface area is 120 Å². The van der Waals surface area contributed by atoms with Crippen molar-refractivity contribution in [3.63, 3.8) is 0 Å². The topological polar surface area (TPSA) is 76.2 Å². The van der Waals surface area contributed by atoms with Crippen molar-refractivity contribution in [2.24, 2.45) is 0 Å². The van der Waals surface area contributed by atoms with Gasteiger partial charge in [-0.3, -0.25) is 9.48 Å². The van der Waals surface area contributed by atoms with Crippen LogP contribution in [0.5, 0.6) is 0 Å². The first-order valence-electron chi connectivity index (χ1n) is 7.28. The molecule has 20 heavy (non-hydrogen) atoms. The van der Waals surface area contributed by atoms with Gasteiger partial charge in [0.25, 0.3) is 5.91 Å². The number of nitrogens with one attached hydrogen (secondary N) is 1. The molecule has 2 unspecified atom stereocenters. The van der Waals surface area contributed by atoms with Crippen molar-refractivity contribution in [1.29, 1.82) is 0 Å². The van der Waals surface area contributed by atoms with E-state index in [0.717, 1.165) is 19.4 Å². The van der Waals surface area contributed by atoms with Crippen molar-refractivity contribution in [3.8, 4) is 0 Å². The SMILES string of the molecule is CCn1nc(C)c(N)c1C(=O)NC1CCN(C)C(C)C1. The largest absolute Gasteiger partial charge is 0.395 e. The Kier molecular flexibility index (Phi) is 4.32. The molecule has 6 heteroatoms. The zero-order valence-electron chi connectivity index (χ0n) is 12.8. The minimum absolute atomic E-state index is 0.105. The van der Waals surface area contributed by atoms with Crippen molar-refractivity contribution in [1.82, 2.24) is 20.0 Å². The number of nitrogens with zero attached hydrogens (tertiary/aromatic N) is 3. The molecule has 0 radical (unpaired) electrons. The summed E-state index contributed by atoms with van der Waals surface area (Å²) in [5.74, 6) is -0.105. The van der Waals surface area contributed by atoms with Crippen molar-refractivity contribution >= 4 is 11.6 Å². The Hall–Kier alpha value is -1.56. The van der Waals surface area contributed by atoms with Crippen LogP contribution in [0.3, 0.4) is 0 Å². The lowest BCUT2D eigenvalue weighted by Crippen LogP contribution is -2.47. The molecule has 2 rings (SSSR count). The zero-order chi connectivity index (χ0) is 14.9. The summed E-state index contributed by atoms with van der Waals surface area (Å²) in [6, 6.07) is 0.706. The standard InChI is InChI=1S/C14H25N5O/c1-5-19-13(12(15)10(3)17-19)14(20)16-11-6-7-18(4)9(2)8-11/h9,11H,5-8,15H2,1-4H3,(H,16,20). The Morgan fingerprint density at radius 1 is 1.55 bits per heavy atom. The van der Waals surface area contributed by atoms with Gasteiger partial charge >= 0.3 is 0 Å². The predicted octanol–water partition coefficient (Wildman–Crippen LogP) is 1.01. The molecule has 0 aromatic carbocycles. The lowest BCUT2D eigenvalue weighted by atomic mass is 9.99. The van der Waals surface area contributed by atoms with Crippen molar-refractivity contribution < 1.29 is 4.79 Å². The zero-order valence-corrected chi connectivity index (χ0v) is 12.8. The van der Waals surface area contributed by atoms with Gasteiger partial charge in [-0.2, -0.15) is 5.10 Å². The van der Waals surface area contributed by atoms with Crippen LogP contribution in [-0.4, -0.2) is 46.3 Å². The highest BCUT2D eigenvalue weighted by molar-refractivity contribution is 5.98. The number of nitrogens with two attached hydrogens (primary N) is 1. The van der Waals surface area contributed by atoms with E-state index in [-0.39, 0.29) is 11.9 Å². The van der Waals surface area contributed by atoms with Gasteiger partial charge in [-0.1, -0.05) is 0 Å². The third-order valence-corrected chi connectivity index (χ3v) is 4.23. The van der Waals surface area contributed by atoms with E-state index in [1.165, 1.54) is 0 Å². The highest BCUT2D eigenvalue weighted by atomic mass is 16.2. The normalized spacial score (nSPS) is 23.8. The van der Waals surface area contributed by atoms with Gasteiger partial charge in [0, 0.05) is 25.2 Å². The molecule has 1 fully saturated rings. The summed E-state index contributed by atoms with van der Waals surface area (Å²) in [7, 11) is 2.12. The molecule has 6 nitrogen and oxygen atoms in total. The Bertz CT molecular complexity index is 496. The third-order valence-electron chi connectivity index (χ3n) is 4.23. The van der Waals surface area contributed by atoms with E-state index in [9.17, 15) is 4.79 Å². The minimum atomic E-state index is -0.105. The van der Waals surface area contributed by atoms with E-state index in [1.807, 2.05) is 13.8 Å². The molecule has 1 aliphatic rings. The summed E-state index contributed by atoms with van der Waals surface area (Å²) < 4.78 is 1.68. The average Bonchev–Trinajstić information content (AvgIpc) is 2.69. The maximum absolute atomic E-state index is 12.4. The number of hydrogen-bond donors (Lipinski definition) is 2. The number of carbonyl (C=O) groups is 1. The summed E-state index contributed by atoms with van der Waals surface area (Å²) in [6.45, 7) is 7.63. The van der Waals surface area contributed by atoms with Gasteiger partial charge in [0.2, 0.25) is 0 Å².